The Morgan fingerprint density at radius 2 is 2.35 bits per heavy atom. The van der Waals surface area contributed by atoms with Crippen LogP contribution in [0, 0.1) is 11.3 Å². The second-order valence-corrected chi connectivity index (χ2v) is 4.83. The van der Waals surface area contributed by atoms with Crippen LogP contribution in [0.15, 0.2) is 24.4 Å². The topological polar surface area (TPSA) is 69.8 Å². The number of rotatable bonds is 3. The van der Waals surface area contributed by atoms with E-state index in [0.29, 0.717) is 5.69 Å². The van der Waals surface area contributed by atoms with E-state index in [4.69, 9.17) is 5.26 Å². The van der Waals surface area contributed by atoms with E-state index in [1.807, 2.05) is 23.9 Å². The molecule has 1 N–H and O–H groups in total. The summed E-state index contributed by atoms with van der Waals surface area (Å²) in [4.78, 5) is 6.67. The number of fused-ring (bicyclic) bond motifs is 1. The van der Waals surface area contributed by atoms with Crippen molar-refractivity contribution in [2.45, 2.75) is 19.6 Å². The lowest BCUT2D eigenvalue weighted by atomic mass is 10.2. The number of pyridine rings is 1. The Labute approximate surface area is 117 Å². The second kappa shape index (κ2) is 5.31. The van der Waals surface area contributed by atoms with Crippen LogP contribution in [0.25, 0.3) is 0 Å². The Bertz CT molecular complexity index is 654. The summed E-state index contributed by atoms with van der Waals surface area (Å²) >= 11 is 0. The van der Waals surface area contributed by atoms with Gasteiger partial charge in [-0.15, -0.1) is 0 Å². The van der Waals surface area contributed by atoms with Crippen LogP contribution < -0.4 is 5.32 Å². The fourth-order valence-electron chi connectivity index (χ4n) is 2.54. The number of aromatic nitrogens is 3. The van der Waals surface area contributed by atoms with Crippen molar-refractivity contribution in [1.82, 2.24) is 19.7 Å². The zero-order valence-electron chi connectivity index (χ0n) is 11.4. The highest BCUT2D eigenvalue weighted by Crippen LogP contribution is 2.18. The Hall–Kier alpha value is -2.39. The predicted molar refractivity (Wildman–Crippen MR) is 74.8 cm³/mol. The average molecular weight is 268 g/mol. The largest absolute Gasteiger partial charge is 0.373 e. The molecule has 20 heavy (non-hydrogen) atoms. The molecule has 0 aliphatic carbocycles. The Kier molecular flexibility index (Phi) is 3.35. The van der Waals surface area contributed by atoms with E-state index in [1.165, 1.54) is 5.56 Å². The van der Waals surface area contributed by atoms with Gasteiger partial charge in [-0.1, -0.05) is 6.07 Å². The summed E-state index contributed by atoms with van der Waals surface area (Å²) in [5, 5.41) is 16.3. The smallest absolute Gasteiger partial charge is 0.162 e. The van der Waals surface area contributed by atoms with Gasteiger partial charge in [-0.3, -0.25) is 9.58 Å². The summed E-state index contributed by atoms with van der Waals surface area (Å²) in [5.41, 5.74) is 2.78. The molecule has 6 nitrogen and oxygen atoms in total. The monoisotopic (exact) mass is 268 g/mol. The van der Waals surface area contributed by atoms with Crippen molar-refractivity contribution in [3.8, 4) is 6.07 Å². The fourth-order valence-corrected chi connectivity index (χ4v) is 2.54. The van der Waals surface area contributed by atoms with E-state index < -0.39 is 0 Å². The molecular weight excluding hydrogens is 252 g/mol. The van der Waals surface area contributed by atoms with Crippen molar-refractivity contribution in [2.75, 3.05) is 18.9 Å². The SMILES string of the molecule is CNc1ncccc1CN1CCn2nc(C#N)cc2C1. The van der Waals surface area contributed by atoms with E-state index in [9.17, 15) is 0 Å². The Morgan fingerprint density at radius 3 is 3.15 bits per heavy atom. The highest BCUT2D eigenvalue weighted by Gasteiger charge is 2.19. The number of hydrogen-bond acceptors (Lipinski definition) is 5. The lowest BCUT2D eigenvalue weighted by molar-refractivity contribution is 0.205. The minimum absolute atomic E-state index is 0.499. The summed E-state index contributed by atoms with van der Waals surface area (Å²) in [6, 6.07) is 8.01. The quantitative estimate of drug-likeness (QED) is 0.906. The van der Waals surface area contributed by atoms with Crippen molar-refractivity contribution < 1.29 is 0 Å². The maximum atomic E-state index is 8.90. The summed E-state index contributed by atoms with van der Waals surface area (Å²) < 4.78 is 1.93. The minimum Gasteiger partial charge on any atom is -0.373 e. The van der Waals surface area contributed by atoms with Crippen LogP contribution >= 0.6 is 0 Å². The third-order valence-electron chi connectivity index (χ3n) is 3.51. The van der Waals surface area contributed by atoms with E-state index in [-0.39, 0.29) is 0 Å². The standard InChI is InChI=1S/C14H16N6/c1-16-14-11(3-2-4-17-14)9-19-5-6-20-13(10-19)7-12(8-15)18-20/h2-4,7H,5-6,9-10H2,1H3,(H,16,17). The maximum Gasteiger partial charge on any atom is 0.162 e. The number of nitrogens with one attached hydrogen (secondary N) is 1. The number of nitriles is 1. The first-order valence-electron chi connectivity index (χ1n) is 6.61. The summed E-state index contributed by atoms with van der Waals surface area (Å²) in [7, 11) is 1.89. The lowest BCUT2D eigenvalue weighted by Gasteiger charge is -2.27. The van der Waals surface area contributed by atoms with Gasteiger partial charge in [-0.05, 0) is 12.1 Å². The number of nitrogens with zero attached hydrogens (tertiary/aromatic N) is 5. The molecule has 0 bridgehead atoms. The first-order chi connectivity index (χ1) is 9.80. The first kappa shape index (κ1) is 12.6. The van der Waals surface area contributed by atoms with Gasteiger partial charge in [0, 0.05) is 38.4 Å². The second-order valence-electron chi connectivity index (χ2n) is 4.83. The fraction of sp³-hybridized carbons (Fsp3) is 0.357. The van der Waals surface area contributed by atoms with Gasteiger partial charge in [0.2, 0.25) is 0 Å². The molecule has 0 radical (unpaired) electrons. The molecule has 3 rings (SSSR count). The van der Waals surface area contributed by atoms with E-state index >= 15 is 0 Å². The third-order valence-corrected chi connectivity index (χ3v) is 3.51. The normalized spacial score (nSPS) is 14.6. The van der Waals surface area contributed by atoms with Crippen molar-refractivity contribution in [1.29, 1.82) is 5.26 Å². The van der Waals surface area contributed by atoms with Gasteiger partial charge in [-0.25, -0.2) is 4.98 Å². The molecule has 1 aliphatic rings. The molecule has 3 heterocycles. The molecule has 0 amide bonds. The van der Waals surface area contributed by atoms with Crippen LogP contribution in [-0.4, -0.2) is 33.3 Å². The zero-order chi connectivity index (χ0) is 13.9. The van der Waals surface area contributed by atoms with Crippen LogP contribution in [0.2, 0.25) is 0 Å². The number of hydrogen-bond donors (Lipinski definition) is 1. The summed E-state index contributed by atoms with van der Waals surface area (Å²) in [5.74, 6) is 0.921. The molecule has 0 aromatic carbocycles. The molecule has 1 aliphatic heterocycles. The van der Waals surface area contributed by atoms with Gasteiger partial charge in [0.25, 0.3) is 0 Å². The Morgan fingerprint density at radius 1 is 1.45 bits per heavy atom. The van der Waals surface area contributed by atoms with Gasteiger partial charge in [0.15, 0.2) is 5.69 Å². The van der Waals surface area contributed by atoms with E-state index in [0.717, 1.165) is 37.7 Å². The summed E-state index contributed by atoms with van der Waals surface area (Å²) in [6.45, 7) is 3.41. The molecule has 0 unspecified atom stereocenters. The molecule has 102 valence electrons. The lowest BCUT2D eigenvalue weighted by Crippen LogP contribution is -2.33. The van der Waals surface area contributed by atoms with Crippen molar-refractivity contribution >= 4 is 5.82 Å². The summed E-state index contributed by atoms with van der Waals surface area (Å²) in [6.07, 6.45) is 1.79. The highest BCUT2D eigenvalue weighted by molar-refractivity contribution is 5.42. The van der Waals surface area contributed by atoms with Crippen LogP contribution in [0.5, 0.6) is 0 Å². The minimum atomic E-state index is 0.499. The molecule has 2 aromatic heterocycles. The number of anilines is 1. The molecular formula is C14H16N6. The molecule has 0 saturated heterocycles. The highest BCUT2D eigenvalue weighted by atomic mass is 15.3. The molecule has 2 aromatic rings. The van der Waals surface area contributed by atoms with Gasteiger partial charge < -0.3 is 5.32 Å². The molecule has 0 fully saturated rings. The van der Waals surface area contributed by atoms with Gasteiger partial charge in [-0.2, -0.15) is 10.4 Å². The Balaban J connectivity index is 1.76. The maximum absolute atomic E-state index is 8.90. The van der Waals surface area contributed by atoms with E-state index in [1.54, 1.807) is 6.20 Å². The van der Waals surface area contributed by atoms with Crippen LogP contribution in [0.4, 0.5) is 5.82 Å². The van der Waals surface area contributed by atoms with Crippen LogP contribution in [-0.2, 0) is 19.6 Å². The van der Waals surface area contributed by atoms with Crippen molar-refractivity contribution in [2.24, 2.45) is 0 Å². The van der Waals surface area contributed by atoms with Crippen LogP contribution in [0.1, 0.15) is 17.0 Å². The van der Waals surface area contributed by atoms with Crippen molar-refractivity contribution in [3.63, 3.8) is 0 Å². The predicted octanol–water partition coefficient (Wildman–Crippen LogP) is 1.21. The van der Waals surface area contributed by atoms with Crippen molar-refractivity contribution in [3.05, 3.63) is 41.3 Å². The molecule has 0 saturated carbocycles. The van der Waals surface area contributed by atoms with Crippen LogP contribution in [0.3, 0.4) is 0 Å². The van der Waals surface area contributed by atoms with E-state index in [2.05, 4.69) is 32.4 Å². The molecule has 0 atom stereocenters. The zero-order valence-corrected chi connectivity index (χ0v) is 11.4. The van der Waals surface area contributed by atoms with Gasteiger partial charge in [0.05, 0.1) is 12.2 Å². The third kappa shape index (κ3) is 2.36. The molecule has 6 heteroatoms. The van der Waals surface area contributed by atoms with Gasteiger partial charge >= 0.3 is 0 Å². The average Bonchev–Trinajstić information content (AvgIpc) is 2.90. The van der Waals surface area contributed by atoms with Gasteiger partial charge in [0.1, 0.15) is 11.9 Å². The first-order valence-corrected chi connectivity index (χ1v) is 6.61. The molecule has 0 spiro atoms.